The first kappa shape index (κ1) is 15.2. The second kappa shape index (κ2) is 6.59. The summed E-state index contributed by atoms with van der Waals surface area (Å²) in [5.74, 6) is 0.941. The summed E-state index contributed by atoms with van der Waals surface area (Å²) in [6, 6.07) is 8.09. The lowest BCUT2D eigenvalue weighted by Crippen LogP contribution is -2.48. The number of hydrogen-bond donors (Lipinski definition) is 2. The van der Waals surface area contributed by atoms with E-state index < -0.39 is 0 Å². The minimum Gasteiger partial charge on any atom is -0.487 e. The van der Waals surface area contributed by atoms with Crippen LogP contribution in [0.5, 0.6) is 5.75 Å². The molecule has 0 radical (unpaired) electrons. The number of carbonyl (C=O) groups excluding carboxylic acids is 1. The Morgan fingerprint density at radius 3 is 2.82 bits per heavy atom. The zero-order valence-corrected chi connectivity index (χ0v) is 13.4. The van der Waals surface area contributed by atoms with Crippen molar-refractivity contribution in [1.82, 2.24) is 10.6 Å². The maximum Gasteiger partial charge on any atom is 0.315 e. The molecule has 0 bridgehead atoms. The van der Waals surface area contributed by atoms with E-state index in [9.17, 15) is 4.79 Å². The van der Waals surface area contributed by atoms with Crippen LogP contribution in [-0.2, 0) is 0 Å². The third-order valence-corrected chi connectivity index (χ3v) is 4.80. The quantitative estimate of drug-likeness (QED) is 0.889. The van der Waals surface area contributed by atoms with Crippen molar-refractivity contribution in [3.05, 3.63) is 29.8 Å². The van der Waals surface area contributed by atoms with Crippen LogP contribution in [0.15, 0.2) is 24.3 Å². The van der Waals surface area contributed by atoms with Crippen molar-refractivity contribution in [3.8, 4) is 5.75 Å². The maximum atomic E-state index is 12.1. The molecular formula is C18H26N2O2. The van der Waals surface area contributed by atoms with Crippen LogP contribution in [-0.4, -0.2) is 18.2 Å². The molecule has 2 N–H and O–H groups in total. The van der Waals surface area contributed by atoms with Crippen molar-refractivity contribution in [3.63, 3.8) is 0 Å². The second-order valence-electron chi connectivity index (χ2n) is 6.54. The molecule has 3 rings (SSSR count). The molecule has 0 saturated heterocycles. The number of fused-ring (bicyclic) bond motifs is 1. The van der Waals surface area contributed by atoms with Crippen molar-refractivity contribution in [2.45, 2.75) is 63.5 Å². The molecule has 120 valence electrons. The van der Waals surface area contributed by atoms with E-state index in [1.165, 1.54) is 19.3 Å². The normalized spacial score (nSPS) is 22.5. The monoisotopic (exact) mass is 302 g/mol. The molecule has 2 amide bonds. The lowest BCUT2D eigenvalue weighted by atomic mass is 9.77. The molecule has 1 spiro atoms. The van der Waals surface area contributed by atoms with Gasteiger partial charge in [0.25, 0.3) is 0 Å². The number of benzene rings is 1. The average Bonchev–Trinajstić information content (AvgIpc) is 2.53. The summed E-state index contributed by atoms with van der Waals surface area (Å²) in [5.41, 5.74) is 1.01. The van der Waals surface area contributed by atoms with Gasteiger partial charge < -0.3 is 15.4 Å². The van der Waals surface area contributed by atoms with Crippen molar-refractivity contribution in [2.24, 2.45) is 0 Å². The van der Waals surface area contributed by atoms with Crippen LogP contribution in [0, 0.1) is 0 Å². The van der Waals surface area contributed by atoms with Crippen LogP contribution < -0.4 is 15.4 Å². The number of ether oxygens (including phenoxy) is 1. The summed E-state index contributed by atoms with van der Waals surface area (Å²) < 4.78 is 6.38. The first-order valence-corrected chi connectivity index (χ1v) is 8.55. The molecule has 2 aliphatic rings. The van der Waals surface area contributed by atoms with Gasteiger partial charge in [0.15, 0.2) is 0 Å². The number of carbonyl (C=O) groups is 1. The molecule has 1 heterocycles. The largest absolute Gasteiger partial charge is 0.487 e. The van der Waals surface area contributed by atoms with Crippen molar-refractivity contribution in [1.29, 1.82) is 0 Å². The predicted octanol–water partition coefficient (Wildman–Crippen LogP) is 3.92. The molecule has 1 fully saturated rings. The standard InChI is InChI=1S/C18H26N2O2/c1-2-12-19-17(21)20-15-13-18(10-6-3-7-11-18)22-16-9-5-4-8-14(15)16/h4-5,8-9,15H,2-3,6-7,10-13H2,1H3,(H2,19,20,21)/t15-/m0/s1. The summed E-state index contributed by atoms with van der Waals surface area (Å²) in [6.45, 7) is 2.77. The van der Waals surface area contributed by atoms with E-state index in [1.807, 2.05) is 18.2 Å². The highest BCUT2D eigenvalue weighted by Crippen LogP contribution is 2.45. The number of hydrogen-bond acceptors (Lipinski definition) is 2. The highest BCUT2D eigenvalue weighted by Gasteiger charge is 2.42. The van der Waals surface area contributed by atoms with Gasteiger partial charge in [-0.1, -0.05) is 31.5 Å². The molecule has 4 nitrogen and oxygen atoms in total. The van der Waals surface area contributed by atoms with E-state index in [4.69, 9.17) is 4.74 Å². The summed E-state index contributed by atoms with van der Waals surface area (Å²) in [6.07, 6.45) is 7.74. The maximum absolute atomic E-state index is 12.1. The van der Waals surface area contributed by atoms with Gasteiger partial charge in [0.05, 0.1) is 6.04 Å². The van der Waals surface area contributed by atoms with E-state index in [2.05, 4.69) is 23.6 Å². The molecule has 0 aromatic heterocycles. The zero-order chi connectivity index (χ0) is 15.4. The van der Waals surface area contributed by atoms with Crippen LogP contribution in [0.3, 0.4) is 0 Å². The minimum atomic E-state index is -0.0880. The lowest BCUT2D eigenvalue weighted by Gasteiger charge is -2.44. The van der Waals surface area contributed by atoms with Gasteiger partial charge in [0.2, 0.25) is 0 Å². The first-order chi connectivity index (χ1) is 10.7. The Hall–Kier alpha value is -1.71. The molecule has 1 saturated carbocycles. The molecule has 1 aromatic rings. The van der Waals surface area contributed by atoms with Gasteiger partial charge in [-0.25, -0.2) is 4.79 Å². The molecule has 1 aliphatic carbocycles. The van der Waals surface area contributed by atoms with Crippen LogP contribution in [0.1, 0.15) is 63.5 Å². The van der Waals surface area contributed by atoms with Crippen LogP contribution in [0.4, 0.5) is 4.79 Å². The topological polar surface area (TPSA) is 50.4 Å². The van der Waals surface area contributed by atoms with Gasteiger partial charge in [0, 0.05) is 18.5 Å². The SMILES string of the molecule is CCCNC(=O)N[C@H]1CC2(CCCCC2)Oc2ccccc21. The average molecular weight is 302 g/mol. The third kappa shape index (κ3) is 3.21. The Bertz CT molecular complexity index is 524. The highest BCUT2D eigenvalue weighted by atomic mass is 16.5. The van der Waals surface area contributed by atoms with Gasteiger partial charge in [-0.3, -0.25) is 0 Å². The molecule has 1 aromatic carbocycles. The van der Waals surface area contributed by atoms with Crippen molar-refractivity contribution < 1.29 is 9.53 Å². The molecular weight excluding hydrogens is 276 g/mol. The number of urea groups is 1. The van der Waals surface area contributed by atoms with Crippen molar-refractivity contribution in [2.75, 3.05) is 6.54 Å². The van der Waals surface area contributed by atoms with Gasteiger partial charge in [-0.2, -0.15) is 0 Å². The van der Waals surface area contributed by atoms with Crippen molar-refractivity contribution >= 4 is 6.03 Å². The van der Waals surface area contributed by atoms with E-state index in [0.29, 0.717) is 6.54 Å². The summed E-state index contributed by atoms with van der Waals surface area (Å²) >= 11 is 0. The molecule has 0 unspecified atom stereocenters. The lowest BCUT2D eigenvalue weighted by molar-refractivity contribution is -0.00118. The number of para-hydroxylation sites is 1. The first-order valence-electron chi connectivity index (χ1n) is 8.55. The Labute approximate surface area is 132 Å². The predicted molar refractivity (Wildman–Crippen MR) is 87.1 cm³/mol. The van der Waals surface area contributed by atoms with Gasteiger partial charge >= 0.3 is 6.03 Å². The molecule has 4 heteroatoms. The van der Waals surface area contributed by atoms with E-state index in [1.54, 1.807) is 0 Å². The Morgan fingerprint density at radius 2 is 2.05 bits per heavy atom. The number of amides is 2. The Kier molecular flexibility index (Phi) is 4.55. The smallest absolute Gasteiger partial charge is 0.315 e. The second-order valence-corrected chi connectivity index (χ2v) is 6.54. The molecule has 1 atom stereocenters. The highest BCUT2D eigenvalue weighted by molar-refractivity contribution is 5.74. The fourth-order valence-corrected chi connectivity index (χ4v) is 3.70. The van der Waals surface area contributed by atoms with Gasteiger partial charge in [-0.05, 0) is 38.2 Å². The van der Waals surface area contributed by atoms with Crippen LogP contribution in [0.2, 0.25) is 0 Å². The molecule has 22 heavy (non-hydrogen) atoms. The van der Waals surface area contributed by atoms with Crippen LogP contribution in [0.25, 0.3) is 0 Å². The zero-order valence-electron chi connectivity index (χ0n) is 13.4. The Balaban J connectivity index is 1.79. The minimum absolute atomic E-state index is 0.0416. The summed E-state index contributed by atoms with van der Waals surface area (Å²) in [5, 5.41) is 6.06. The molecule has 1 aliphatic heterocycles. The van der Waals surface area contributed by atoms with Gasteiger partial charge in [-0.15, -0.1) is 0 Å². The number of nitrogens with one attached hydrogen (secondary N) is 2. The number of rotatable bonds is 3. The fourth-order valence-electron chi connectivity index (χ4n) is 3.70. The van der Waals surface area contributed by atoms with E-state index in [-0.39, 0.29) is 17.7 Å². The summed E-state index contributed by atoms with van der Waals surface area (Å²) in [7, 11) is 0. The van der Waals surface area contributed by atoms with E-state index in [0.717, 1.165) is 37.0 Å². The fraction of sp³-hybridized carbons (Fsp3) is 0.611. The van der Waals surface area contributed by atoms with Gasteiger partial charge in [0.1, 0.15) is 11.4 Å². The van der Waals surface area contributed by atoms with E-state index >= 15 is 0 Å². The Morgan fingerprint density at radius 1 is 1.27 bits per heavy atom. The summed E-state index contributed by atoms with van der Waals surface area (Å²) in [4.78, 5) is 12.1. The third-order valence-electron chi connectivity index (χ3n) is 4.80. The van der Waals surface area contributed by atoms with Crippen LogP contribution >= 0.6 is 0 Å².